The Labute approximate surface area is 154 Å². The molecule has 6 heteroatoms. The Hall–Kier alpha value is -2.63. The molecule has 1 aliphatic heterocycles. The Morgan fingerprint density at radius 2 is 2.00 bits per heavy atom. The first-order valence-electron chi connectivity index (χ1n) is 8.93. The highest BCUT2D eigenvalue weighted by molar-refractivity contribution is 5.79. The van der Waals surface area contributed by atoms with Gasteiger partial charge in [0.2, 0.25) is 5.91 Å². The second kappa shape index (κ2) is 8.17. The fourth-order valence-electron chi connectivity index (χ4n) is 3.23. The third-order valence-electron chi connectivity index (χ3n) is 4.45. The quantitative estimate of drug-likeness (QED) is 0.825. The summed E-state index contributed by atoms with van der Waals surface area (Å²) in [5.74, 6) is 0.870. The summed E-state index contributed by atoms with van der Waals surface area (Å²) < 4.78 is 11.2. The first-order valence-corrected chi connectivity index (χ1v) is 8.93. The number of hydrogen-bond acceptors (Lipinski definition) is 5. The average molecular weight is 355 g/mol. The number of methoxy groups -OCH3 is 1. The minimum absolute atomic E-state index is 0.0702. The first kappa shape index (κ1) is 18.2. The van der Waals surface area contributed by atoms with Crippen molar-refractivity contribution in [2.45, 2.75) is 39.2 Å². The first-order chi connectivity index (χ1) is 12.5. The lowest BCUT2D eigenvalue weighted by Gasteiger charge is -2.32. The van der Waals surface area contributed by atoms with Gasteiger partial charge in [0.05, 0.1) is 20.1 Å². The predicted molar refractivity (Wildman–Crippen MR) is 98.4 cm³/mol. The number of hydrogen-bond donors (Lipinski definition) is 0. The van der Waals surface area contributed by atoms with E-state index in [-0.39, 0.29) is 12.0 Å². The normalized spacial score (nSPS) is 17.0. The number of carbonyl (C=O) groups is 1. The molecule has 26 heavy (non-hydrogen) atoms. The summed E-state index contributed by atoms with van der Waals surface area (Å²) in [7, 11) is 1.63. The summed E-state index contributed by atoms with van der Waals surface area (Å²) in [6.07, 6.45) is 2.11. The van der Waals surface area contributed by atoms with Crippen molar-refractivity contribution < 1.29 is 14.3 Å². The zero-order chi connectivity index (χ0) is 18.5. The van der Waals surface area contributed by atoms with Gasteiger partial charge in [-0.05, 0) is 50.5 Å². The Bertz CT molecular complexity index is 758. The highest BCUT2D eigenvalue weighted by Crippen LogP contribution is 2.18. The van der Waals surface area contributed by atoms with Gasteiger partial charge in [0.25, 0.3) is 0 Å². The molecule has 1 fully saturated rings. The summed E-state index contributed by atoms with van der Waals surface area (Å²) in [6, 6.07) is 9.94. The second-order valence-electron chi connectivity index (χ2n) is 6.68. The molecule has 2 heterocycles. The monoisotopic (exact) mass is 355 g/mol. The van der Waals surface area contributed by atoms with Crippen LogP contribution in [0, 0.1) is 13.8 Å². The summed E-state index contributed by atoms with van der Waals surface area (Å²) in [4.78, 5) is 23.2. The van der Waals surface area contributed by atoms with Crippen molar-refractivity contribution in [3.63, 3.8) is 0 Å². The number of likely N-dealkylation sites (tertiary alicyclic amines) is 1. The number of aromatic nitrogens is 2. The molecule has 0 unspecified atom stereocenters. The fourth-order valence-corrected chi connectivity index (χ4v) is 3.23. The Morgan fingerprint density at radius 3 is 2.73 bits per heavy atom. The number of benzene rings is 1. The number of ether oxygens (including phenoxy) is 2. The Morgan fingerprint density at radius 1 is 1.23 bits per heavy atom. The smallest absolute Gasteiger partial charge is 0.317 e. The molecule has 0 spiro atoms. The van der Waals surface area contributed by atoms with Gasteiger partial charge in [-0.25, -0.2) is 9.97 Å². The molecule has 0 N–H and O–H groups in total. The van der Waals surface area contributed by atoms with E-state index in [1.807, 2.05) is 49.1 Å². The SMILES string of the molecule is COc1cccc(CC(=O)N2CCC[C@H](Oc3nc(C)cc(C)n3)C2)c1. The van der Waals surface area contributed by atoms with Crippen LogP contribution in [0.4, 0.5) is 0 Å². The lowest BCUT2D eigenvalue weighted by atomic mass is 10.1. The fraction of sp³-hybridized carbons (Fsp3) is 0.450. The Balaban J connectivity index is 1.61. The third kappa shape index (κ3) is 4.71. The molecule has 1 amide bonds. The van der Waals surface area contributed by atoms with Gasteiger partial charge in [0.15, 0.2) is 0 Å². The van der Waals surface area contributed by atoms with Crippen LogP contribution in [0.15, 0.2) is 30.3 Å². The Kier molecular flexibility index (Phi) is 5.71. The number of aryl methyl sites for hydroxylation is 2. The molecule has 1 aromatic carbocycles. The highest BCUT2D eigenvalue weighted by atomic mass is 16.5. The molecule has 1 atom stereocenters. The van der Waals surface area contributed by atoms with Crippen LogP contribution in [0.5, 0.6) is 11.8 Å². The van der Waals surface area contributed by atoms with Crippen molar-refractivity contribution in [1.29, 1.82) is 0 Å². The van der Waals surface area contributed by atoms with E-state index in [9.17, 15) is 4.79 Å². The molecular formula is C20H25N3O3. The highest BCUT2D eigenvalue weighted by Gasteiger charge is 2.25. The molecule has 3 rings (SSSR count). The molecule has 6 nitrogen and oxygen atoms in total. The molecule has 1 saturated heterocycles. The molecule has 0 radical (unpaired) electrons. The lowest BCUT2D eigenvalue weighted by Crippen LogP contribution is -2.45. The molecule has 138 valence electrons. The van der Waals surface area contributed by atoms with Gasteiger partial charge in [0, 0.05) is 17.9 Å². The van der Waals surface area contributed by atoms with Gasteiger partial charge < -0.3 is 14.4 Å². The largest absolute Gasteiger partial charge is 0.497 e. The predicted octanol–water partition coefficient (Wildman–Crippen LogP) is 2.71. The van der Waals surface area contributed by atoms with E-state index in [0.717, 1.165) is 42.1 Å². The van der Waals surface area contributed by atoms with Crippen LogP contribution in [0.2, 0.25) is 0 Å². The molecule has 1 aliphatic rings. The number of nitrogens with zero attached hydrogens (tertiary/aromatic N) is 3. The van der Waals surface area contributed by atoms with E-state index in [2.05, 4.69) is 9.97 Å². The van der Waals surface area contributed by atoms with E-state index < -0.39 is 0 Å². The molecule has 0 aliphatic carbocycles. The number of rotatable bonds is 5. The van der Waals surface area contributed by atoms with Crippen LogP contribution in [0.3, 0.4) is 0 Å². The number of piperidine rings is 1. The molecule has 0 saturated carbocycles. The van der Waals surface area contributed by atoms with Crippen molar-refractivity contribution in [3.05, 3.63) is 47.3 Å². The van der Waals surface area contributed by atoms with Gasteiger partial charge in [-0.3, -0.25) is 4.79 Å². The van der Waals surface area contributed by atoms with Crippen LogP contribution < -0.4 is 9.47 Å². The van der Waals surface area contributed by atoms with Gasteiger partial charge in [-0.15, -0.1) is 0 Å². The van der Waals surface area contributed by atoms with Gasteiger partial charge in [-0.2, -0.15) is 0 Å². The van der Waals surface area contributed by atoms with Crippen LogP contribution in [0.1, 0.15) is 29.8 Å². The maximum atomic E-state index is 12.7. The summed E-state index contributed by atoms with van der Waals surface area (Å²) in [6.45, 7) is 5.17. The summed E-state index contributed by atoms with van der Waals surface area (Å²) >= 11 is 0. The number of carbonyl (C=O) groups excluding carboxylic acids is 1. The topological polar surface area (TPSA) is 64.5 Å². The average Bonchev–Trinajstić information content (AvgIpc) is 2.61. The molecular weight excluding hydrogens is 330 g/mol. The van der Waals surface area contributed by atoms with Gasteiger partial charge in [0.1, 0.15) is 11.9 Å². The summed E-state index contributed by atoms with van der Waals surface area (Å²) in [5, 5.41) is 0. The molecule has 0 bridgehead atoms. The van der Waals surface area contributed by atoms with E-state index in [4.69, 9.17) is 9.47 Å². The van der Waals surface area contributed by atoms with Crippen molar-refractivity contribution in [3.8, 4) is 11.8 Å². The standard InChI is InChI=1S/C20H25N3O3/c1-14-10-15(2)22-20(21-14)26-18-8-5-9-23(13-18)19(24)12-16-6-4-7-17(11-16)25-3/h4,6-7,10-11,18H,5,8-9,12-13H2,1-3H3/t18-/m0/s1. The van der Waals surface area contributed by atoms with E-state index >= 15 is 0 Å². The van der Waals surface area contributed by atoms with Gasteiger partial charge >= 0.3 is 6.01 Å². The zero-order valence-electron chi connectivity index (χ0n) is 15.6. The minimum atomic E-state index is -0.0702. The van der Waals surface area contributed by atoms with E-state index in [1.54, 1.807) is 7.11 Å². The van der Waals surface area contributed by atoms with Crippen LogP contribution in [-0.4, -0.2) is 47.1 Å². The van der Waals surface area contributed by atoms with Crippen molar-refractivity contribution in [1.82, 2.24) is 14.9 Å². The maximum Gasteiger partial charge on any atom is 0.317 e. The van der Waals surface area contributed by atoms with Crippen molar-refractivity contribution in [2.75, 3.05) is 20.2 Å². The van der Waals surface area contributed by atoms with Crippen LogP contribution >= 0.6 is 0 Å². The van der Waals surface area contributed by atoms with Gasteiger partial charge in [-0.1, -0.05) is 12.1 Å². The molecule has 1 aromatic heterocycles. The van der Waals surface area contributed by atoms with Crippen LogP contribution in [-0.2, 0) is 11.2 Å². The van der Waals surface area contributed by atoms with E-state index in [0.29, 0.717) is 19.0 Å². The van der Waals surface area contributed by atoms with Crippen LogP contribution in [0.25, 0.3) is 0 Å². The minimum Gasteiger partial charge on any atom is -0.497 e. The summed E-state index contributed by atoms with van der Waals surface area (Å²) in [5.41, 5.74) is 2.72. The number of amides is 1. The maximum absolute atomic E-state index is 12.7. The molecule has 2 aromatic rings. The van der Waals surface area contributed by atoms with E-state index in [1.165, 1.54) is 0 Å². The second-order valence-corrected chi connectivity index (χ2v) is 6.68. The zero-order valence-corrected chi connectivity index (χ0v) is 15.6. The lowest BCUT2D eigenvalue weighted by molar-refractivity contribution is -0.133. The van der Waals surface area contributed by atoms with Crippen molar-refractivity contribution in [2.24, 2.45) is 0 Å². The third-order valence-corrected chi connectivity index (χ3v) is 4.45. The van der Waals surface area contributed by atoms with Crippen molar-refractivity contribution >= 4 is 5.91 Å².